The van der Waals surface area contributed by atoms with E-state index in [0.717, 1.165) is 21.4 Å². The van der Waals surface area contributed by atoms with Gasteiger partial charge in [0.15, 0.2) is 11.2 Å². The Balaban J connectivity index is 1.51. The molecular weight excluding hydrogens is 392 g/mol. The summed E-state index contributed by atoms with van der Waals surface area (Å²) in [4.78, 5) is 45.4. The molecule has 0 saturated heterocycles. The summed E-state index contributed by atoms with van der Waals surface area (Å²) < 4.78 is 3.74. The summed E-state index contributed by atoms with van der Waals surface area (Å²) in [7, 11) is 2.94. The van der Waals surface area contributed by atoms with Crippen molar-refractivity contribution in [1.29, 1.82) is 0 Å². The quantitative estimate of drug-likeness (QED) is 0.526. The van der Waals surface area contributed by atoms with Gasteiger partial charge >= 0.3 is 5.69 Å². The molecule has 4 aromatic heterocycles. The molecule has 0 fully saturated rings. The molecule has 0 bridgehead atoms. The summed E-state index contributed by atoms with van der Waals surface area (Å²) in [5.41, 5.74) is 2.33. The molecule has 10 heteroatoms. The fourth-order valence-electron chi connectivity index (χ4n) is 3.08. The SMILES string of the molecule is Cn1c(=O)c2c(ncn2CC(=O)NCc2ccnc(-c3ccsc3)c2)n(C)c1=O. The lowest BCUT2D eigenvalue weighted by Crippen LogP contribution is -2.38. The summed E-state index contributed by atoms with van der Waals surface area (Å²) in [6, 6.07) is 5.77. The number of thiophene rings is 1. The first-order chi connectivity index (χ1) is 14.0. The van der Waals surface area contributed by atoms with Crippen LogP contribution in [0.5, 0.6) is 0 Å². The van der Waals surface area contributed by atoms with Gasteiger partial charge in [0, 0.05) is 37.8 Å². The van der Waals surface area contributed by atoms with Crippen molar-refractivity contribution in [2.24, 2.45) is 14.1 Å². The van der Waals surface area contributed by atoms with Crippen molar-refractivity contribution in [3.05, 3.63) is 67.9 Å². The monoisotopic (exact) mass is 410 g/mol. The fourth-order valence-corrected chi connectivity index (χ4v) is 3.73. The van der Waals surface area contributed by atoms with Crippen LogP contribution in [0.15, 0.2) is 51.1 Å². The highest BCUT2D eigenvalue weighted by Gasteiger charge is 2.16. The molecule has 0 saturated carbocycles. The van der Waals surface area contributed by atoms with Crippen molar-refractivity contribution in [3.63, 3.8) is 0 Å². The first kappa shape index (κ1) is 18.8. The number of nitrogens with zero attached hydrogens (tertiary/aromatic N) is 5. The standard InChI is InChI=1S/C19H18N6O3S/c1-23-17-16(18(27)24(2)19(23)28)25(11-22-17)9-15(26)21-8-12-3-5-20-14(7-12)13-4-6-29-10-13/h3-7,10-11H,8-9H2,1-2H3,(H,21,26). The van der Waals surface area contributed by atoms with Gasteiger partial charge in [0.2, 0.25) is 5.91 Å². The van der Waals surface area contributed by atoms with Crippen LogP contribution in [-0.4, -0.2) is 29.6 Å². The Morgan fingerprint density at radius 2 is 2.00 bits per heavy atom. The van der Waals surface area contributed by atoms with Crippen molar-refractivity contribution in [1.82, 2.24) is 29.0 Å². The van der Waals surface area contributed by atoms with E-state index in [1.165, 1.54) is 29.6 Å². The Morgan fingerprint density at radius 1 is 1.17 bits per heavy atom. The number of hydrogen-bond acceptors (Lipinski definition) is 6. The number of fused-ring (bicyclic) bond motifs is 1. The molecule has 9 nitrogen and oxygen atoms in total. The highest BCUT2D eigenvalue weighted by molar-refractivity contribution is 7.08. The Morgan fingerprint density at radius 3 is 2.76 bits per heavy atom. The normalized spacial score (nSPS) is 11.1. The first-order valence-electron chi connectivity index (χ1n) is 8.80. The van der Waals surface area contributed by atoms with E-state index in [4.69, 9.17) is 0 Å². The summed E-state index contributed by atoms with van der Waals surface area (Å²) in [5.74, 6) is -0.269. The van der Waals surface area contributed by atoms with Crippen LogP contribution < -0.4 is 16.6 Å². The van der Waals surface area contributed by atoms with E-state index in [1.807, 2.05) is 29.0 Å². The molecule has 4 rings (SSSR count). The largest absolute Gasteiger partial charge is 0.350 e. The molecule has 0 spiro atoms. The van der Waals surface area contributed by atoms with Gasteiger partial charge in [0.1, 0.15) is 6.54 Å². The molecule has 0 aliphatic carbocycles. The zero-order chi connectivity index (χ0) is 20.5. The van der Waals surface area contributed by atoms with Gasteiger partial charge in [0.25, 0.3) is 5.56 Å². The fraction of sp³-hybridized carbons (Fsp3) is 0.211. The second kappa shape index (κ2) is 7.47. The van der Waals surface area contributed by atoms with Gasteiger partial charge in [0.05, 0.1) is 12.0 Å². The minimum Gasteiger partial charge on any atom is -0.350 e. The van der Waals surface area contributed by atoms with Crippen molar-refractivity contribution in [2.45, 2.75) is 13.1 Å². The Labute approximate surface area is 168 Å². The second-order valence-electron chi connectivity index (χ2n) is 6.59. The lowest BCUT2D eigenvalue weighted by Gasteiger charge is -2.08. The van der Waals surface area contributed by atoms with Gasteiger partial charge in [-0.25, -0.2) is 9.78 Å². The number of rotatable bonds is 5. The molecule has 4 heterocycles. The summed E-state index contributed by atoms with van der Waals surface area (Å²) in [6.07, 6.45) is 3.11. The van der Waals surface area contributed by atoms with Crippen LogP contribution in [0.3, 0.4) is 0 Å². The average Bonchev–Trinajstić information content (AvgIpc) is 3.40. The van der Waals surface area contributed by atoms with E-state index in [2.05, 4.69) is 15.3 Å². The maximum absolute atomic E-state index is 12.4. The molecule has 4 aromatic rings. The first-order valence-corrected chi connectivity index (χ1v) is 9.75. The maximum atomic E-state index is 12.4. The number of pyridine rings is 1. The third kappa shape index (κ3) is 3.49. The highest BCUT2D eigenvalue weighted by atomic mass is 32.1. The van der Waals surface area contributed by atoms with E-state index in [9.17, 15) is 14.4 Å². The Hall–Kier alpha value is -3.53. The number of hydrogen-bond donors (Lipinski definition) is 1. The van der Waals surface area contributed by atoms with Gasteiger partial charge in [-0.2, -0.15) is 11.3 Å². The maximum Gasteiger partial charge on any atom is 0.332 e. The Kier molecular flexibility index (Phi) is 4.85. The minimum atomic E-state index is -0.483. The topological polar surface area (TPSA) is 104 Å². The van der Waals surface area contributed by atoms with E-state index < -0.39 is 11.2 Å². The lowest BCUT2D eigenvalue weighted by atomic mass is 10.1. The average molecular weight is 410 g/mol. The van der Waals surface area contributed by atoms with Crippen molar-refractivity contribution in [2.75, 3.05) is 0 Å². The van der Waals surface area contributed by atoms with E-state index in [1.54, 1.807) is 17.5 Å². The van der Waals surface area contributed by atoms with Gasteiger partial charge in [-0.15, -0.1) is 0 Å². The van der Waals surface area contributed by atoms with Crippen LogP contribution in [0.1, 0.15) is 5.56 Å². The van der Waals surface area contributed by atoms with Crippen molar-refractivity contribution in [3.8, 4) is 11.3 Å². The van der Waals surface area contributed by atoms with Crippen LogP contribution in [0.2, 0.25) is 0 Å². The number of carbonyl (C=O) groups excluding carboxylic acids is 1. The lowest BCUT2D eigenvalue weighted by molar-refractivity contribution is -0.121. The zero-order valence-corrected chi connectivity index (χ0v) is 16.6. The smallest absolute Gasteiger partial charge is 0.332 e. The van der Waals surface area contributed by atoms with Crippen LogP contribution in [0, 0.1) is 0 Å². The van der Waals surface area contributed by atoms with Gasteiger partial charge < -0.3 is 9.88 Å². The highest BCUT2D eigenvalue weighted by Crippen LogP contribution is 2.20. The third-order valence-corrected chi connectivity index (χ3v) is 5.35. The minimum absolute atomic E-state index is 0.0770. The summed E-state index contributed by atoms with van der Waals surface area (Å²) in [6.45, 7) is 0.258. The van der Waals surface area contributed by atoms with Gasteiger partial charge in [-0.1, -0.05) is 0 Å². The van der Waals surface area contributed by atoms with Crippen molar-refractivity contribution < 1.29 is 4.79 Å². The zero-order valence-electron chi connectivity index (χ0n) is 15.8. The van der Waals surface area contributed by atoms with E-state index in [-0.39, 0.29) is 23.6 Å². The molecule has 1 amide bonds. The Bertz CT molecular complexity index is 1320. The van der Waals surface area contributed by atoms with E-state index >= 15 is 0 Å². The molecule has 0 atom stereocenters. The van der Waals surface area contributed by atoms with Crippen molar-refractivity contribution >= 4 is 28.4 Å². The van der Waals surface area contributed by atoms with Gasteiger partial charge in [-0.05, 0) is 29.1 Å². The van der Waals surface area contributed by atoms with E-state index in [0.29, 0.717) is 6.54 Å². The number of imidazole rings is 1. The van der Waals surface area contributed by atoms with Crippen LogP contribution in [-0.2, 0) is 32.0 Å². The molecule has 0 aromatic carbocycles. The summed E-state index contributed by atoms with van der Waals surface area (Å²) >= 11 is 1.60. The number of aromatic nitrogens is 5. The molecule has 29 heavy (non-hydrogen) atoms. The molecule has 148 valence electrons. The number of carbonyl (C=O) groups is 1. The second-order valence-corrected chi connectivity index (χ2v) is 7.37. The predicted octanol–water partition coefficient (Wildman–Crippen LogP) is 0.874. The summed E-state index contributed by atoms with van der Waals surface area (Å²) in [5, 5.41) is 6.85. The third-order valence-electron chi connectivity index (χ3n) is 4.66. The molecule has 1 N–H and O–H groups in total. The van der Waals surface area contributed by atoms with Gasteiger partial charge in [-0.3, -0.25) is 23.7 Å². The number of amides is 1. The number of aryl methyl sites for hydroxylation is 1. The number of nitrogens with one attached hydrogen (secondary N) is 1. The molecule has 0 radical (unpaired) electrons. The van der Waals surface area contributed by atoms with Crippen LogP contribution in [0.4, 0.5) is 0 Å². The molecular formula is C19H18N6O3S. The molecule has 0 aliphatic heterocycles. The molecule has 0 unspecified atom stereocenters. The van der Waals surface area contributed by atoms with Crippen LogP contribution in [0.25, 0.3) is 22.4 Å². The predicted molar refractivity (Wildman–Crippen MR) is 110 cm³/mol. The molecule has 0 aliphatic rings. The van der Waals surface area contributed by atoms with Crippen LogP contribution >= 0.6 is 11.3 Å².